The molecular weight excluding hydrogens is 276 g/mol. The van der Waals surface area contributed by atoms with Gasteiger partial charge in [-0.3, -0.25) is 14.9 Å². The standard InChI is InChI=1S/C17H22N4O/c18-15(10-12-4-2-1-3-5-12)17(22)14-11-20-21-16(14)13-6-8-19-9-7-13/h6-9,11-12,15H,1-5,10,18H2,(H,20,21)/t15-/m0/s1. The van der Waals surface area contributed by atoms with Crippen LogP contribution in [0.2, 0.25) is 0 Å². The van der Waals surface area contributed by atoms with Crippen LogP contribution in [-0.2, 0) is 0 Å². The first-order chi connectivity index (χ1) is 10.8. The number of aromatic nitrogens is 3. The summed E-state index contributed by atoms with van der Waals surface area (Å²) in [4.78, 5) is 16.7. The molecule has 2 aromatic rings. The van der Waals surface area contributed by atoms with Crippen molar-refractivity contribution in [3.8, 4) is 11.3 Å². The van der Waals surface area contributed by atoms with Gasteiger partial charge < -0.3 is 5.73 Å². The van der Waals surface area contributed by atoms with Crippen LogP contribution in [0.25, 0.3) is 11.3 Å². The molecule has 1 aliphatic carbocycles. The quantitative estimate of drug-likeness (QED) is 0.831. The van der Waals surface area contributed by atoms with E-state index in [9.17, 15) is 4.79 Å². The Morgan fingerprint density at radius 3 is 2.73 bits per heavy atom. The minimum atomic E-state index is -0.443. The van der Waals surface area contributed by atoms with E-state index in [2.05, 4.69) is 15.2 Å². The number of ketones is 1. The van der Waals surface area contributed by atoms with Crippen LogP contribution in [0.1, 0.15) is 48.9 Å². The number of nitrogens with zero attached hydrogens (tertiary/aromatic N) is 2. The molecule has 0 saturated heterocycles. The fourth-order valence-electron chi connectivity index (χ4n) is 3.30. The van der Waals surface area contributed by atoms with Gasteiger partial charge in [0.25, 0.3) is 0 Å². The van der Waals surface area contributed by atoms with Crippen molar-refractivity contribution in [2.24, 2.45) is 11.7 Å². The average molecular weight is 298 g/mol. The highest BCUT2D eigenvalue weighted by Gasteiger charge is 2.25. The van der Waals surface area contributed by atoms with Crippen molar-refractivity contribution < 1.29 is 4.79 Å². The van der Waals surface area contributed by atoms with Crippen LogP contribution in [0.4, 0.5) is 0 Å². The minimum absolute atomic E-state index is 0.0221. The second-order valence-electron chi connectivity index (χ2n) is 6.11. The third-order valence-electron chi connectivity index (χ3n) is 4.52. The maximum absolute atomic E-state index is 12.7. The summed E-state index contributed by atoms with van der Waals surface area (Å²) in [5.74, 6) is 0.565. The topological polar surface area (TPSA) is 84.7 Å². The van der Waals surface area contributed by atoms with Gasteiger partial charge in [-0.2, -0.15) is 5.10 Å². The Balaban J connectivity index is 1.73. The number of carbonyl (C=O) groups excluding carboxylic acids is 1. The zero-order valence-electron chi connectivity index (χ0n) is 12.7. The molecule has 1 aliphatic rings. The SMILES string of the molecule is N[C@@H](CC1CCCCC1)C(=O)c1cn[nH]c1-c1ccncc1. The maximum Gasteiger partial charge on any atom is 0.183 e. The molecule has 1 saturated carbocycles. The lowest BCUT2D eigenvalue weighted by molar-refractivity contribution is 0.0944. The predicted octanol–water partition coefficient (Wildman–Crippen LogP) is 2.95. The second-order valence-corrected chi connectivity index (χ2v) is 6.11. The van der Waals surface area contributed by atoms with Crippen LogP contribution < -0.4 is 5.73 Å². The molecule has 0 bridgehead atoms. The number of H-pyrrole nitrogens is 1. The van der Waals surface area contributed by atoms with Crippen LogP contribution in [0.3, 0.4) is 0 Å². The van der Waals surface area contributed by atoms with Gasteiger partial charge in [-0.15, -0.1) is 0 Å². The highest BCUT2D eigenvalue weighted by molar-refractivity contribution is 6.04. The number of pyridine rings is 1. The van der Waals surface area contributed by atoms with Crippen LogP contribution in [0.15, 0.2) is 30.7 Å². The van der Waals surface area contributed by atoms with E-state index in [1.165, 1.54) is 32.1 Å². The third kappa shape index (κ3) is 3.25. The smallest absolute Gasteiger partial charge is 0.183 e. The van der Waals surface area contributed by atoms with E-state index in [0.29, 0.717) is 11.5 Å². The Bertz CT molecular complexity index is 617. The lowest BCUT2D eigenvalue weighted by Crippen LogP contribution is -2.33. The van der Waals surface area contributed by atoms with E-state index in [-0.39, 0.29) is 5.78 Å². The number of nitrogens with two attached hydrogens (primary N) is 1. The molecule has 1 fully saturated rings. The molecule has 0 radical (unpaired) electrons. The zero-order valence-corrected chi connectivity index (χ0v) is 12.7. The number of aromatic amines is 1. The number of hydrogen-bond acceptors (Lipinski definition) is 4. The zero-order chi connectivity index (χ0) is 15.4. The van der Waals surface area contributed by atoms with Gasteiger partial charge >= 0.3 is 0 Å². The fourth-order valence-corrected chi connectivity index (χ4v) is 3.30. The highest BCUT2D eigenvalue weighted by Crippen LogP contribution is 2.28. The Hall–Kier alpha value is -2.01. The van der Waals surface area contributed by atoms with E-state index in [0.717, 1.165) is 17.7 Å². The molecule has 2 heterocycles. The van der Waals surface area contributed by atoms with Crippen molar-refractivity contribution in [3.63, 3.8) is 0 Å². The van der Waals surface area contributed by atoms with Crippen molar-refractivity contribution in [2.45, 2.75) is 44.6 Å². The average Bonchev–Trinajstić information content (AvgIpc) is 3.05. The Morgan fingerprint density at radius 1 is 1.27 bits per heavy atom. The summed E-state index contributed by atoms with van der Waals surface area (Å²) in [6.07, 6.45) is 12.0. The Morgan fingerprint density at radius 2 is 2.00 bits per heavy atom. The summed E-state index contributed by atoms with van der Waals surface area (Å²) in [7, 11) is 0. The molecule has 3 N–H and O–H groups in total. The van der Waals surface area contributed by atoms with Crippen molar-refractivity contribution in [1.29, 1.82) is 0 Å². The molecule has 5 heteroatoms. The van der Waals surface area contributed by atoms with Gasteiger partial charge in [0.2, 0.25) is 0 Å². The largest absolute Gasteiger partial charge is 0.321 e. The van der Waals surface area contributed by atoms with Gasteiger partial charge in [0.05, 0.1) is 23.5 Å². The normalized spacial score (nSPS) is 17.3. The number of Topliss-reactive ketones (excluding diaryl/α,β-unsaturated/α-hetero) is 1. The molecule has 0 spiro atoms. The predicted molar refractivity (Wildman–Crippen MR) is 85.3 cm³/mol. The summed E-state index contributed by atoms with van der Waals surface area (Å²) < 4.78 is 0. The summed E-state index contributed by atoms with van der Waals surface area (Å²) in [5, 5.41) is 6.93. The third-order valence-corrected chi connectivity index (χ3v) is 4.52. The van der Waals surface area contributed by atoms with E-state index in [1.807, 2.05) is 12.1 Å². The van der Waals surface area contributed by atoms with Crippen molar-refractivity contribution in [2.75, 3.05) is 0 Å². The summed E-state index contributed by atoms with van der Waals surface area (Å²) in [5.41, 5.74) is 8.39. The van der Waals surface area contributed by atoms with E-state index in [1.54, 1.807) is 18.6 Å². The Labute approximate surface area is 130 Å². The molecule has 0 unspecified atom stereocenters. The summed E-state index contributed by atoms with van der Waals surface area (Å²) in [6, 6.07) is 3.27. The summed E-state index contributed by atoms with van der Waals surface area (Å²) in [6.45, 7) is 0. The molecule has 2 aromatic heterocycles. The molecule has 22 heavy (non-hydrogen) atoms. The molecule has 1 atom stereocenters. The van der Waals surface area contributed by atoms with Crippen LogP contribution in [0, 0.1) is 5.92 Å². The molecule has 0 amide bonds. The molecular formula is C17H22N4O. The van der Waals surface area contributed by atoms with Crippen molar-refractivity contribution in [1.82, 2.24) is 15.2 Å². The van der Waals surface area contributed by atoms with E-state index >= 15 is 0 Å². The molecule has 5 nitrogen and oxygen atoms in total. The number of nitrogens with one attached hydrogen (secondary N) is 1. The highest BCUT2D eigenvalue weighted by atomic mass is 16.1. The second kappa shape index (κ2) is 6.83. The lowest BCUT2D eigenvalue weighted by atomic mass is 9.83. The van der Waals surface area contributed by atoms with E-state index < -0.39 is 6.04 Å². The van der Waals surface area contributed by atoms with Gasteiger partial charge in [-0.1, -0.05) is 32.1 Å². The lowest BCUT2D eigenvalue weighted by Gasteiger charge is -2.23. The summed E-state index contributed by atoms with van der Waals surface area (Å²) >= 11 is 0. The number of hydrogen-bond donors (Lipinski definition) is 2. The number of rotatable bonds is 5. The van der Waals surface area contributed by atoms with Crippen molar-refractivity contribution >= 4 is 5.78 Å². The van der Waals surface area contributed by atoms with Crippen LogP contribution >= 0.6 is 0 Å². The van der Waals surface area contributed by atoms with Gasteiger partial charge in [-0.25, -0.2) is 0 Å². The van der Waals surface area contributed by atoms with Gasteiger partial charge in [0.1, 0.15) is 0 Å². The first-order valence-electron chi connectivity index (χ1n) is 7.99. The first kappa shape index (κ1) is 14.9. The molecule has 3 rings (SSSR count). The minimum Gasteiger partial charge on any atom is -0.321 e. The molecule has 0 aliphatic heterocycles. The molecule has 0 aromatic carbocycles. The van der Waals surface area contributed by atoms with E-state index in [4.69, 9.17) is 5.73 Å². The van der Waals surface area contributed by atoms with Crippen molar-refractivity contribution in [3.05, 3.63) is 36.3 Å². The monoisotopic (exact) mass is 298 g/mol. The van der Waals surface area contributed by atoms with Crippen LogP contribution in [0.5, 0.6) is 0 Å². The Kier molecular flexibility index (Phi) is 4.63. The van der Waals surface area contributed by atoms with Gasteiger partial charge in [0.15, 0.2) is 5.78 Å². The fraction of sp³-hybridized carbons (Fsp3) is 0.471. The van der Waals surface area contributed by atoms with Crippen LogP contribution in [-0.4, -0.2) is 27.0 Å². The number of carbonyl (C=O) groups is 1. The van der Waals surface area contributed by atoms with Gasteiger partial charge in [-0.05, 0) is 24.5 Å². The first-order valence-corrected chi connectivity index (χ1v) is 7.99. The van der Waals surface area contributed by atoms with Gasteiger partial charge in [0, 0.05) is 18.0 Å². The molecule has 116 valence electrons. The maximum atomic E-state index is 12.7.